The summed E-state index contributed by atoms with van der Waals surface area (Å²) in [6.45, 7) is 0. The molecule has 0 bridgehead atoms. The lowest BCUT2D eigenvalue weighted by Gasteiger charge is -2.40. The Bertz CT molecular complexity index is 2420. The summed E-state index contributed by atoms with van der Waals surface area (Å²) in [4.78, 5) is 0. The SMILES string of the molecule is c1ccc2c(c1)-c1cccc(-c3cccc4ccccc34)c1C21c2ccccc2-n2c3ccccc3c3cccc1c32. The predicted octanol–water partition coefficient (Wildman–Crippen LogP) is 10.3. The average molecular weight is 532 g/mol. The first kappa shape index (κ1) is 22.3. The van der Waals surface area contributed by atoms with Gasteiger partial charge in [-0.3, -0.25) is 0 Å². The van der Waals surface area contributed by atoms with Crippen LogP contribution < -0.4 is 0 Å². The summed E-state index contributed by atoms with van der Waals surface area (Å²) in [5.74, 6) is 0. The van der Waals surface area contributed by atoms with Crippen LogP contribution in [-0.2, 0) is 5.41 Å². The monoisotopic (exact) mass is 531 g/mol. The van der Waals surface area contributed by atoms with E-state index in [4.69, 9.17) is 0 Å². The standard InChI is InChI=1S/C41H25N/c1-2-14-27-26(12-1)13-9-17-28(27)31-18-10-19-32-29-15-3-5-21-34(29)41(39(31)32)35-22-6-8-25-38(35)42-37-24-7-4-16-30(37)33-20-11-23-36(41)40(33)42/h1-25H. The molecular weight excluding hydrogens is 506 g/mol. The van der Waals surface area contributed by atoms with E-state index in [2.05, 4.69) is 156 Å². The average Bonchev–Trinajstić information content (AvgIpc) is 3.56. The summed E-state index contributed by atoms with van der Waals surface area (Å²) in [6, 6.07) is 56.5. The van der Waals surface area contributed by atoms with Gasteiger partial charge in [-0.15, -0.1) is 0 Å². The quantitative estimate of drug-likeness (QED) is 0.199. The molecule has 2 aliphatic rings. The summed E-state index contributed by atoms with van der Waals surface area (Å²) < 4.78 is 2.52. The molecule has 194 valence electrons. The predicted molar refractivity (Wildman–Crippen MR) is 175 cm³/mol. The third kappa shape index (κ3) is 2.52. The topological polar surface area (TPSA) is 4.93 Å². The van der Waals surface area contributed by atoms with E-state index in [0.717, 1.165) is 0 Å². The first-order chi connectivity index (χ1) is 20.9. The van der Waals surface area contributed by atoms with Gasteiger partial charge in [0.25, 0.3) is 0 Å². The molecule has 10 rings (SSSR count). The molecule has 1 nitrogen and oxygen atoms in total. The van der Waals surface area contributed by atoms with Crippen molar-refractivity contribution in [3.8, 4) is 27.9 Å². The second kappa shape index (κ2) is 7.87. The number of hydrogen-bond donors (Lipinski definition) is 0. The largest absolute Gasteiger partial charge is 0.309 e. The Balaban J connectivity index is 1.47. The maximum Gasteiger partial charge on any atom is 0.0760 e. The van der Waals surface area contributed by atoms with Gasteiger partial charge >= 0.3 is 0 Å². The fourth-order valence-corrected chi connectivity index (χ4v) is 8.31. The van der Waals surface area contributed by atoms with Gasteiger partial charge in [-0.25, -0.2) is 0 Å². The van der Waals surface area contributed by atoms with E-state index in [1.165, 1.54) is 82.8 Å². The molecule has 8 aromatic rings. The molecule has 42 heavy (non-hydrogen) atoms. The second-order valence-corrected chi connectivity index (χ2v) is 11.6. The molecule has 0 fully saturated rings. The van der Waals surface area contributed by atoms with Crippen molar-refractivity contribution < 1.29 is 0 Å². The van der Waals surface area contributed by atoms with Gasteiger partial charge in [0.05, 0.1) is 22.1 Å². The van der Waals surface area contributed by atoms with Gasteiger partial charge in [0.2, 0.25) is 0 Å². The van der Waals surface area contributed by atoms with E-state index in [1.807, 2.05) is 0 Å². The molecule has 0 N–H and O–H groups in total. The first-order valence-electron chi connectivity index (χ1n) is 14.7. The molecule has 1 spiro atoms. The Morgan fingerprint density at radius 2 is 0.952 bits per heavy atom. The Morgan fingerprint density at radius 3 is 1.88 bits per heavy atom. The molecular formula is C41H25N. The zero-order valence-electron chi connectivity index (χ0n) is 22.9. The maximum atomic E-state index is 2.52. The Morgan fingerprint density at radius 1 is 0.381 bits per heavy atom. The highest BCUT2D eigenvalue weighted by Gasteiger charge is 2.51. The minimum absolute atomic E-state index is 0.458. The smallest absolute Gasteiger partial charge is 0.0760 e. The molecule has 0 saturated heterocycles. The van der Waals surface area contributed by atoms with Gasteiger partial charge in [0, 0.05) is 10.8 Å². The normalized spacial score (nSPS) is 16.2. The van der Waals surface area contributed by atoms with E-state index in [-0.39, 0.29) is 0 Å². The zero-order valence-corrected chi connectivity index (χ0v) is 22.9. The molecule has 1 aliphatic carbocycles. The van der Waals surface area contributed by atoms with Gasteiger partial charge < -0.3 is 4.57 Å². The molecule has 1 atom stereocenters. The minimum Gasteiger partial charge on any atom is -0.309 e. The lowest BCUT2D eigenvalue weighted by atomic mass is 9.64. The molecule has 1 heteroatoms. The third-order valence-electron chi connectivity index (χ3n) is 9.79. The molecule has 1 unspecified atom stereocenters. The Kier molecular flexibility index (Phi) is 4.18. The van der Waals surface area contributed by atoms with Crippen LogP contribution in [0.25, 0.3) is 60.5 Å². The first-order valence-corrected chi connectivity index (χ1v) is 14.7. The fraction of sp³-hybridized carbons (Fsp3) is 0.0244. The van der Waals surface area contributed by atoms with Gasteiger partial charge in [0.15, 0.2) is 0 Å². The van der Waals surface area contributed by atoms with Crippen LogP contribution in [0.4, 0.5) is 0 Å². The van der Waals surface area contributed by atoms with Gasteiger partial charge in [-0.2, -0.15) is 0 Å². The minimum atomic E-state index is -0.458. The van der Waals surface area contributed by atoms with Crippen LogP contribution in [0.1, 0.15) is 22.3 Å². The van der Waals surface area contributed by atoms with Crippen molar-refractivity contribution >= 4 is 32.6 Å². The van der Waals surface area contributed by atoms with Crippen LogP contribution >= 0.6 is 0 Å². The summed E-state index contributed by atoms with van der Waals surface area (Å²) >= 11 is 0. The lowest BCUT2D eigenvalue weighted by Crippen LogP contribution is -2.34. The molecule has 7 aromatic carbocycles. The number of fused-ring (bicyclic) bond motifs is 13. The number of para-hydroxylation sites is 3. The zero-order chi connectivity index (χ0) is 27.4. The van der Waals surface area contributed by atoms with Crippen molar-refractivity contribution in [1.29, 1.82) is 0 Å². The van der Waals surface area contributed by atoms with E-state index in [1.54, 1.807) is 0 Å². The fourth-order valence-electron chi connectivity index (χ4n) is 8.31. The number of benzene rings is 7. The van der Waals surface area contributed by atoms with Gasteiger partial charge in [0.1, 0.15) is 0 Å². The molecule has 0 radical (unpaired) electrons. The van der Waals surface area contributed by atoms with Crippen molar-refractivity contribution in [1.82, 2.24) is 4.57 Å². The van der Waals surface area contributed by atoms with E-state index < -0.39 is 5.41 Å². The summed E-state index contributed by atoms with van der Waals surface area (Å²) in [5, 5.41) is 5.17. The van der Waals surface area contributed by atoms with Crippen molar-refractivity contribution in [2.45, 2.75) is 5.41 Å². The Hall–Kier alpha value is -5.40. The van der Waals surface area contributed by atoms with Crippen molar-refractivity contribution in [3.63, 3.8) is 0 Å². The van der Waals surface area contributed by atoms with E-state index >= 15 is 0 Å². The van der Waals surface area contributed by atoms with Crippen molar-refractivity contribution in [2.75, 3.05) is 0 Å². The highest BCUT2D eigenvalue weighted by atomic mass is 15.0. The number of rotatable bonds is 1. The summed E-state index contributed by atoms with van der Waals surface area (Å²) in [5.41, 5.74) is 14.1. The van der Waals surface area contributed by atoms with Crippen LogP contribution in [0.15, 0.2) is 152 Å². The Labute approximate surface area is 243 Å². The lowest BCUT2D eigenvalue weighted by molar-refractivity contribution is 0.750. The second-order valence-electron chi connectivity index (χ2n) is 11.6. The number of hydrogen-bond acceptors (Lipinski definition) is 0. The van der Waals surface area contributed by atoms with Crippen LogP contribution in [0.3, 0.4) is 0 Å². The molecule has 0 saturated carbocycles. The number of aromatic nitrogens is 1. The van der Waals surface area contributed by atoms with Crippen LogP contribution in [0, 0.1) is 0 Å². The molecule has 0 amide bonds. The third-order valence-corrected chi connectivity index (χ3v) is 9.79. The van der Waals surface area contributed by atoms with Gasteiger partial charge in [-0.1, -0.05) is 140 Å². The van der Waals surface area contributed by atoms with Crippen LogP contribution in [0.5, 0.6) is 0 Å². The van der Waals surface area contributed by atoms with Crippen molar-refractivity contribution in [3.05, 3.63) is 174 Å². The highest BCUT2D eigenvalue weighted by Crippen LogP contribution is 2.63. The molecule has 1 aliphatic heterocycles. The van der Waals surface area contributed by atoms with E-state index in [0.29, 0.717) is 0 Å². The van der Waals surface area contributed by atoms with Crippen LogP contribution in [-0.4, -0.2) is 4.57 Å². The summed E-state index contributed by atoms with van der Waals surface area (Å²) in [7, 11) is 0. The van der Waals surface area contributed by atoms with Crippen molar-refractivity contribution in [2.24, 2.45) is 0 Å². The highest BCUT2D eigenvalue weighted by molar-refractivity contribution is 6.13. The summed E-state index contributed by atoms with van der Waals surface area (Å²) in [6.07, 6.45) is 0. The van der Waals surface area contributed by atoms with Crippen LogP contribution in [0.2, 0.25) is 0 Å². The molecule has 1 aromatic heterocycles. The van der Waals surface area contributed by atoms with Gasteiger partial charge in [-0.05, 0) is 67.4 Å². The maximum absolute atomic E-state index is 2.52. The molecule has 2 heterocycles. The van der Waals surface area contributed by atoms with E-state index in [9.17, 15) is 0 Å². The number of nitrogens with zero attached hydrogens (tertiary/aromatic N) is 1.